The molecule has 0 bridgehead atoms. The van der Waals surface area contributed by atoms with Crippen molar-refractivity contribution in [3.05, 3.63) is 57.9 Å². The number of carbonyl (C=O) groups excluding carboxylic acids is 2. The number of nitrogens with zero attached hydrogens (tertiary/aromatic N) is 3. The lowest BCUT2D eigenvalue weighted by Gasteiger charge is -2.41. The standard InChI is InChI=1S/C25H31ClN4O3/c1-16-4-5-19(12-27-16)24(31)28-23-11-22(26)10-21(18(23)3)14-29-7-8-30(17(2)13-29)25(32)20-6-9-33-15-20/h4-5,10-12,17,20H,6-9,13-15H2,1-3H3,(H,28,31)/t17-,20-/m0/s1. The van der Waals surface area contributed by atoms with Crippen LogP contribution in [0.4, 0.5) is 5.69 Å². The Morgan fingerprint density at radius 2 is 2.06 bits per heavy atom. The SMILES string of the molecule is Cc1ccc(C(=O)Nc2cc(Cl)cc(CN3CCN(C(=O)[C@H]4CCOC4)[C@@H](C)C3)c2C)cn1. The van der Waals surface area contributed by atoms with Crippen molar-refractivity contribution in [1.29, 1.82) is 0 Å². The molecule has 0 radical (unpaired) electrons. The predicted octanol–water partition coefficient (Wildman–Crippen LogP) is 3.67. The number of rotatable bonds is 5. The zero-order valence-corrected chi connectivity index (χ0v) is 20.2. The zero-order valence-electron chi connectivity index (χ0n) is 19.4. The van der Waals surface area contributed by atoms with Gasteiger partial charge in [-0.1, -0.05) is 11.6 Å². The second-order valence-corrected chi connectivity index (χ2v) is 9.49. The summed E-state index contributed by atoms with van der Waals surface area (Å²) in [5.74, 6) is 0.00807. The third-order valence-electron chi connectivity index (χ3n) is 6.57. The summed E-state index contributed by atoms with van der Waals surface area (Å²) in [6, 6.07) is 7.45. The molecule has 0 aliphatic carbocycles. The third kappa shape index (κ3) is 5.54. The van der Waals surface area contributed by atoms with E-state index >= 15 is 0 Å². The summed E-state index contributed by atoms with van der Waals surface area (Å²) in [4.78, 5) is 34.1. The molecular formula is C25H31ClN4O3. The summed E-state index contributed by atoms with van der Waals surface area (Å²) >= 11 is 6.41. The zero-order chi connectivity index (χ0) is 23.5. The van der Waals surface area contributed by atoms with Crippen molar-refractivity contribution in [2.45, 2.75) is 39.8 Å². The molecule has 2 amide bonds. The molecule has 2 aliphatic heterocycles. The van der Waals surface area contributed by atoms with Crippen LogP contribution in [0.1, 0.15) is 40.5 Å². The van der Waals surface area contributed by atoms with Crippen molar-refractivity contribution < 1.29 is 14.3 Å². The fourth-order valence-electron chi connectivity index (χ4n) is 4.53. The van der Waals surface area contributed by atoms with Crippen molar-refractivity contribution in [2.75, 3.05) is 38.2 Å². The van der Waals surface area contributed by atoms with Crippen LogP contribution < -0.4 is 5.32 Å². The molecule has 2 saturated heterocycles. The van der Waals surface area contributed by atoms with Gasteiger partial charge in [-0.3, -0.25) is 19.5 Å². The van der Waals surface area contributed by atoms with Gasteiger partial charge in [0.1, 0.15) is 0 Å². The molecule has 2 aromatic rings. The second-order valence-electron chi connectivity index (χ2n) is 9.06. The lowest BCUT2D eigenvalue weighted by atomic mass is 10.0. The van der Waals surface area contributed by atoms with E-state index in [0.29, 0.717) is 42.6 Å². The minimum absolute atomic E-state index is 0.00377. The van der Waals surface area contributed by atoms with Gasteiger partial charge in [0, 0.05) is 61.4 Å². The summed E-state index contributed by atoms with van der Waals surface area (Å²) < 4.78 is 5.40. The summed E-state index contributed by atoms with van der Waals surface area (Å²) in [6.07, 6.45) is 2.39. The fourth-order valence-corrected chi connectivity index (χ4v) is 4.78. The Bertz CT molecular complexity index is 1020. The van der Waals surface area contributed by atoms with Gasteiger partial charge in [0.15, 0.2) is 0 Å². The van der Waals surface area contributed by atoms with Crippen LogP contribution in [0.2, 0.25) is 5.02 Å². The average molecular weight is 471 g/mol. The Hall–Kier alpha value is -2.48. The molecule has 0 spiro atoms. The van der Waals surface area contributed by atoms with Gasteiger partial charge in [0.2, 0.25) is 5.91 Å². The highest BCUT2D eigenvalue weighted by Crippen LogP contribution is 2.28. The molecule has 8 heteroatoms. The molecule has 7 nitrogen and oxygen atoms in total. The summed E-state index contributed by atoms with van der Waals surface area (Å²) in [5.41, 5.74) is 4.12. The smallest absolute Gasteiger partial charge is 0.257 e. The number of hydrogen-bond donors (Lipinski definition) is 1. The number of aryl methyl sites for hydroxylation is 1. The van der Waals surface area contributed by atoms with E-state index in [-0.39, 0.29) is 23.8 Å². The quantitative estimate of drug-likeness (QED) is 0.721. The first kappa shape index (κ1) is 23.7. The van der Waals surface area contributed by atoms with Crippen LogP contribution in [-0.2, 0) is 16.1 Å². The van der Waals surface area contributed by atoms with Gasteiger partial charge in [0.25, 0.3) is 5.91 Å². The monoisotopic (exact) mass is 470 g/mol. The number of nitrogens with one attached hydrogen (secondary N) is 1. The van der Waals surface area contributed by atoms with Crippen LogP contribution in [0.5, 0.6) is 0 Å². The van der Waals surface area contributed by atoms with Gasteiger partial charge >= 0.3 is 0 Å². The number of anilines is 1. The summed E-state index contributed by atoms with van der Waals surface area (Å²) in [7, 11) is 0. The van der Waals surface area contributed by atoms with E-state index in [1.165, 1.54) is 0 Å². The van der Waals surface area contributed by atoms with Gasteiger partial charge < -0.3 is 15.0 Å². The Balaban J connectivity index is 1.42. The minimum atomic E-state index is -0.213. The van der Waals surface area contributed by atoms with E-state index in [1.54, 1.807) is 18.3 Å². The second kappa shape index (κ2) is 10.2. The van der Waals surface area contributed by atoms with Crippen LogP contribution in [0.15, 0.2) is 30.5 Å². The number of hydrogen-bond acceptors (Lipinski definition) is 5. The molecular weight excluding hydrogens is 440 g/mol. The molecule has 176 valence electrons. The van der Waals surface area contributed by atoms with E-state index in [9.17, 15) is 9.59 Å². The number of halogens is 1. The molecule has 0 unspecified atom stereocenters. The molecule has 2 atom stereocenters. The molecule has 2 fully saturated rings. The highest BCUT2D eigenvalue weighted by atomic mass is 35.5. The lowest BCUT2D eigenvalue weighted by molar-refractivity contribution is -0.140. The first-order valence-electron chi connectivity index (χ1n) is 11.5. The van der Waals surface area contributed by atoms with Crippen molar-refractivity contribution >= 4 is 29.1 Å². The maximum absolute atomic E-state index is 12.8. The number of piperazine rings is 1. The van der Waals surface area contributed by atoms with Gasteiger partial charge in [-0.2, -0.15) is 0 Å². The van der Waals surface area contributed by atoms with E-state index in [4.69, 9.17) is 16.3 Å². The van der Waals surface area contributed by atoms with Gasteiger partial charge in [-0.15, -0.1) is 0 Å². The normalized spacial score (nSPS) is 21.3. The number of benzene rings is 1. The Morgan fingerprint density at radius 3 is 2.73 bits per heavy atom. The highest BCUT2D eigenvalue weighted by molar-refractivity contribution is 6.31. The van der Waals surface area contributed by atoms with Crippen molar-refractivity contribution in [1.82, 2.24) is 14.8 Å². The third-order valence-corrected chi connectivity index (χ3v) is 6.79. The highest BCUT2D eigenvalue weighted by Gasteiger charge is 2.33. The van der Waals surface area contributed by atoms with E-state index in [0.717, 1.165) is 36.3 Å². The Kier molecular flexibility index (Phi) is 7.32. The molecule has 4 rings (SSSR count). The molecule has 1 aromatic carbocycles. The van der Waals surface area contributed by atoms with Gasteiger partial charge in [0.05, 0.1) is 18.1 Å². The van der Waals surface area contributed by atoms with E-state index in [2.05, 4.69) is 22.1 Å². The fraction of sp³-hybridized carbons (Fsp3) is 0.480. The van der Waals surface area contributed by atoms with Crippen molar-refractivity contribution in [2.24, 2.45) is 5.92 Å². The van der Waals surface area contributed by atoms with Crippen LogP contribution in [-0.4, -0.2) is 65.5 Å². The number of carbonyl (C=O) groups is 2. The number of amides is 2. The van der Waals surface area contributed by atoms with Crippen molar-refractivity contribution in [3.8, 4) is 0 Å². The van der Waals surface area contributed by atoms with Crippen LogP contribution in [0, 0.1) is 19.8 Å². The molecule has 2 aliphatic rings. The number of pyridine rings is 1. The van der Waals surface area contributed by atoms with Crippen molar-refractivity contribution in [3.63, 3.8) is 0 Å². The number of ether oxygens (including phenoxy) is 1. The molecule has 33 heavy (non-hydrogen) atoms. The van der Waals surface area contributed by atoms with Gasteiger partial charge in [-0.25, -0.2) is 0 Å². The predicted molar refractivity (Wildman–Crippen MR) is 128 cm³/mol. The van der Waals surface area contributed by atoms with Crippen LogP contribution in [0.25, 0.3) is 0 Å². The lowest BCUT2D eigenvalue weighted by Crippen LogP contribution is -2.55. The minimum Gasteiger partial charge on any atom is -0.381 e. The van der Waals surface area contributed by atoms with E-state index in [1.807, 2.05) is 30.9 Å². The van der Waals surface area contributed by atoms with E-state index < -0.39 is 0 Å². The molecule has 3 heterocycles. The van der Waals surface area contributed by atoms with Crippen LogP contribution in [0.3, 0.4) is 0 Å². The molecule has 1 N–H and O–H groups in total. The molecule has 1 aromatic heterocycles. The first-order valence-corrected chi connectivity index (χ1v) is 11.8. The largest absolute Gasteiger partial charge is 0.381 e. The van der Waals surface area contributed by atoms with Gasteiger partial charge in [-0.05, 0) is 62.6 Å². The average Bonchev–Trinajstić information content (AvgIpc) is 3.32. The number of aromatic nitrogens is 1. The maximum Gasteiger partial charge on any atom is 0.257 e. The topological polar surface area (TPSA) is 74.8 Å². The Morgan fingerprint density at radius 1 is 1.24 bits per heavy atom. The Labute approximate surface area is 200 Å². The summed E-state index contributed by atoms with van der Waals surface area (Å²) in [6.45, 7) is 10.2. The molecule has 0 saturated carbocycles. The summed E-state index contributed by atoms with van der Waals surface area (Å²) in [5, 5.41) is 3.56. The maximum atomic E-state index is 12.8. The first-order chi connectivity index (χ1) is 15.8. The van der Waals surface area contributed by atoms with Crippen LogP contribution >= 0.6 is 11.6 Å².